The minimum absolute atomic E-state index is 0.472. The molecule has 3 heteroatoms. The molecule has 1 aromatic carbocycles. The highest BCUT2D eigenvalue weighted by atomic mass is 15.1. The first kappa shape index (κ1) is 15.5. The van der Waals surface area contributed by atoms with E-state index in [0.717, 1.165) is 13.1 Å². The molecular formula is C18H25N3. The molecule has 1 heterocycles. The standard InChI is InChI=1S/C18H25N3/c1-5-21(17-9-7-6-8-15(17)4)18-13-19-11-10-16(18)12-20-14(2)3/h6-11,13-14,20H,5,12H2,1-4H3. The maximum absolute atomic E-state index is 4.33. The van der Waals surface area contributed by atoms with Gasteiger partial charge in [0.1, 0.15) is 0 Å². The fourth-order valence-electron chi connectivity index (χ4n) is 2.46. The lowest BCUT2D eigenvalue weighted by Crippen LogP contribution is -2.25. The first-order valence-electron chi connectivity index (χ1n) is 7.63. The minimum atomic E-state index is 0.472. The molecular weight excluding hydrogens is 258 g/mol. The third-order valence-electron chi connectivity index (χ3n) is 3.60. The number of aromatic nitrogens is 1. The third-order valence-corrected chi connectivity index (χ3v) is 3.60. The van der Waals surface area contributed by atoms with Crippen molar-refractivity contribution < 1.29 is 0 Å². The van der Waals surface area contributed by atoms with Crippen LogP contribution in [0.3, 0.4) is 0 Å². The molecule has 21 heavy (non-hydrogen) atoms. The van der Waals surface area contributed by atoms with E-state index in [1.54, 1.807) is 0 Å². The summed E-state index contributed by atoms with van der Waals surface area (Å²) in [7, 11) is 0. The van der Waals surface area contributed by atoms with E-state index in [4.69, 9.17) is 0 Å². The number of hydrogen-bond acceptors (Lipinski definition) is 3. The van der Waals surface area contributed by atoms with Crippen LogP contribution in [0.4, 0.5) is 11.4 Å². The van der Waals surface area contributed by atoms with Gasteiger partial charge in [0.15, 0.2) is 0 Å². The van der Waals surface area contributed by atoms with Crippen LogP contribution in [0.1, 0.15) is 31.9 Å². The average Bonchev–Trinajstić information content (AvgIpc) is 2.49. The quantitative estimate of drug-likeness (QED) is 0.867. The molecule has 0 unspecified atom stereocenters. The molecule has 0 aliphatic carbocycles. The van der Waals surface area contributed by atoms with Gasteiger partial charge in [0.25, 0.3) is 0 Å². The fourth-order valence-corrected chi connectivity index (χ4v) is 2.46. The maximum Gasteiger partial charge on any atom is 0.0642 e. The summed E-state index contributed by atoms with van der Waals surface area (Å²) < 4.78 is 0. The van der Waals surface area contributed by atoms with Gasteiger partial charge < -0.3 is 10.2 Å². The largest absolute Gasteiger partial charge is 0.340 e. The summed E-state index contributed by atoms with van der Waals surface area (Å²) in [6, 6.07) is 11.1. The number of benzene rings is 1. The van der Waals surface area contributed by atoms with Crippen LogP contribution in [0.25, 0.3) is 0 Å². The summed E-state index contributed by atoms with van der Waals surface area (Å²) in [5, 5.41) is 3.49. The minimum Gasteiger partial charge on any atom is -0.340 e. The molecule has 0 amide bonds. The number of hydrogen-bond donors (Lipinski definition) is 1. The molecule has 2 rings (SSSR count). The molecule has 0 bridgehead atoms. The topological polar surface area (TPSA) is 28.2 Å². The van der Waals surface area contributed by atoms with Gasteiger partial charge >= 0.3 is 0 Å². The predicted molar refractivity (Wildman–Crippen MR) is 90.1 cm³/mol. The summed E-state index contributed by atoms with van der Waals surface area (Å²) in [4.78, 5) is 6.66. The highest BCUT2D eigenvalue weighted by Crippen LogP contribution is 2.30. The van der Waals surface area contributed by atoms with E-state index >= 15 is 0 Å². The van der Waals surface area contributed by atoms with E-state index in [1.807, 2.05) is 12.4 Å². The Kier molecular flexibility index (Phi) is 5.34. The van der Waals surface area contributed by atoms with Gasteiger partial charge in [-0.1, -0.05) is 32.0 Å². The molecule has 0 spiro atoms. The summed E-state index contributed by atoms with van der Waals surface area (Å²) in [5.74, 6) is 0. The summed E-state index contributed by atoms with van der Waals surface area (Å²) in [6.45, 7) is 10.4. The summed E-state index contributed by atoms with van der Waals surface area (Å²) >= 11 is 0. The monoisotopic (exact) mass is 283 g/mol. The molecule has 0 saturated carbocycles. The highest BCUT2D eigenvalue weighted by Gasteiger charge is 2.13. The Hall–Kier alpha value is -1.87. The maximum atomic E-state index is 4.33. The lowest BCUT2D eigenvalue weighted by molar-refractivity contribution is 0.588. The Balaban J connectivity index is 2.36. The predicted octanol–water partition coefficient (Wildman–Crippen LogP) is 4.05. The number of aryl methyl sites for hydroxylation is 1. The first-order chi connectivity index (χ1) is 10.1. The number of rotatable bonds is 6. The molecule has 112 valence electrons. The molecule has 0 radical (unpaired) electrons. The van der Waals surface area contributed by atoms with Crippen molar-refractivity contribution in [2.75, 3.05) is 11.4 Å². The summed E-state index contributed by atoms with van der Waals surface area (Å²) in [6.07, 6.45) is 3.83. The van der Waals surface area contributed by atoms with E-state index in [1.165, 1.54) is 22.5 Å². The van der Waals surface area contributed by atoms with E-state index in [2.05, 4.69) is 73.2 Å². The van der Waals surface area contributed by atoms with Crippen LogP contribution < -0.4 is 10.2 Å². The smallest absolute Gasteiger partial charge is 0.0642 e. The van der Waals surface area contributed by atoms with Crippen LogP contribution >= 0.6 is 0 Å². The van der Waals surface area contributed by atoms with Gasteiger partial charge in [-0.15, -0.1) is 0 Å². The number of nitrogens with zero attached hydrogens (tertiary/aromatic N) is 2. The molecule has 0 saturated heterocycles. The first-order valence-corrected chi connectivity index (χ1v) is 7.63. The van der Waals surface area contributed by atoms with Crippen molar-refractivity contribution in [3.63, 3.8) is 0 Å². The van der Waals surface area contributed by atoms with Crippen molar-refractivity contribution >= 4 is 11.4 Å². The molecule has 0 atom stereocenters. The van der Waals surface area contributed by atoms with Crippen LogP contribution in [0, 0.1) is 6.92 Å². The van der Waals surface area contributed by atoms with Gasteiger partial charge in [0.2, 0.25) is 0 Å². The number of para-hydroxylation sites is 1. The van der Waals surface area contributed by atoms with Gasteiger partial charge in [0.05, 0.1) is 11.9 Å². The van der Waals surface area contributed by atoms with Crippen LogP contribution in [0.2, 0.25) is 0 Å². The molecule has 1 N–H and O–H groups in total. The number of pyridine rings is 1. The van der Waals surface area contributed by atoms with Gasteiger partial charge in [-0.25, -0.2) is 0 Å². The van der Waals surface area contributed by atoms with Gasteiger partial charge in [-0.3, -0.25) is 4.98 Å². The van der Waals surface area contributed by atoms with Gasteiger partial charge in [0, 0.05) is 31.0 Å². The van der Waals surface area contributed by atoms with Crippen LogP contribution in [-0.2, 0) is 6.54 Å². The van der Waals surface area contributed by atoms with E-state index < -0.39 is 0 Å². The van der Waals surface area contributed by atoms with Crippen molar-refractivity contribution in [2.45, 2.75) is 40.3 Å². The Morgan fingerprint density at radius 2 is 1.90 bits per heavy atom. The van der Waals surface area contributed by atoms with Gasteiger partial charge in [-0.2, -0.15) is 0 Å². The average molecular weight is 283 g/mol. The fraction of sp³-hybridized carbons (Fsp3) is 0.389. The number of nitrogens with one attached hydrogen (secondary N) is 1. The highest BCUT2D eigenvalue weighted by molar-refractivity contribution is 5.68. The zero-order valence-corrected chi connectivity index (χ0v) is 13.4. The van der Waals surface area contributed by atoms with E-state index in [9.17, 15) is 0 Å². The Morgan fingerprint density at radius 1 is 1.14 bits per heavy atom. The Labute approximate surface area is 128 Å². The van der Waals surface area contributed by atoms with E-state index in [-0.39, 0.29) is 0 Å². The molecule has 0 aliphatic rings. The normalized spacial score (nSPS) is 10.9. The second-order valence-corrected chi connectivity index (χ2v) is 5.57. The summed E-state index contributed by atoms with van der Waals surface area (Å²) in [5.41, 5.74) is 5.00. The van der Waals surface area contributed by atoms with Crippen LogP contribution in [-0.4, -0.2) is 17.6 Å². The van der Waals surface area contributed by atoms with Crippen molar-refractivity contribution in [2.24, 2.45) is 0 Å². The molecule has 1 aromatic heterocycles. The van der Waals surface area contributed by atoms with Crippen LogP contribution in [0.15, 0.2) is 42.7 Å². The van der Waals surface area contributed by atoms with E-state index in [0.29, 0.717) is 6.04 Å². The molecule has 3 nitrogen and oxygen atoms in total. The SMILES string of the molecule is CCN(c1ccccc1C)c1cnccc1CNC(C)C. The molecule has 2 aromatic rings. The van der Waals surface area contributed by atoms with Gasteiger partial charge in [-0.05, 0) is 37.1 Å². The Morgan fingerprint density at radius 3 is 2.57 bits per heavy atom. The second kappa shape index (κ2) is 7.23. The Bertz CT molecular complexity index is 578. The van der Waals surface area contributed by atoms with Crippen molar-refractivity contribution in [1.29, 1.82) is 0 Å². The zero-order chi connectivity index (χ0) is 15.2. The lowest BCUT2D eigenvalue weighted by atomic mass is 10.1. The molecule has 0 fully saturated rings. The van der Waals surface area contributed by atoms with Crippen molar-refractivity contribution in [3.8, 4) is 0 Å². The second-order valence-electron chi connectivity index (χ2n) is 5.57. The van der Waals surface area contributed by atoms with Crippen molar-refractivity contribution in [1.82, 2.24) is 10.3 Å². The third kappa shape index (κ3) is 3.82. The lowest BCUT2D eigenvalue weighted by Gasteiger charge is -2.27. The van der Waals surface area contributed by atoms with Crippen LogP contribution in [0.5, 0.6) is 0 Å². The zero-order valence-electron chi connectivity index (χ0n) is 13.4. The molecule has 0 aliphatic heterocycles. The van der Waals surface area contributed by atoms with Crippen molar-refractivity contribution in [3.05, 3.63) is 53.9 Å². The number of anilines is 2.